The molecule has 2 aliphatic rings. The lowest BCUT2D eigenvalue weighted by Gasteiger charge is -2.11. The van der Waals surface area contributed by atoms with Gasteiger partial charge < -0.3 is 19.5 Å². The third kappa shape index (κ3) is 2.92. The van der Waals surface area contributed by atoms with Gasteiger partial charge in [0.1, 0.15) is 0 Å². The Morgan fingerprint density at radius 3 is 3.16 bits per heavy atom. The van der Waals surface area contributed by atoms with Crippen molar-refractivity contribution in [2.75, 3.05) is 32.0 Å². The smallest absolute Gasteiger partial charge is 0.231 e. The van der Waals surface area contributed by atoms with Gasteiger partial charge in [0.25, 0.3) is 0 Å². The second-order valence-corrected chi connectivity index (χ2v) is 6.04. The number of fused-ring (bicyclic) bond motifs is 1. The van der Waals surface area contributed by atoms with E-state index in [1.54, 1.807) is 7.11 Å². The van der Waals surface area contributed by atoms with Crippen LogP contribution in [0.3, 0.4) is 0 Å². The second kappa shape index (κ2) is 5.92. The zero-order chi connectivity index (χ0) is 13.1. The van der Waals surface area contributed by atoms with Crippen LogP contribution >= 0.6 is 11.8 Å². The minimum absolute atomic E-state index is 0.280. The molecule has 0 saturated carbocycles. The fourth-order valence-electron chi connectivity index (χ4n) is 2.45. The molecule has 1 saturated heterocycles. The molecular weight excluding hydrogens is 262 g/mol. The van der Waals surface area contributed by atoms with Crippen molar-refractivity contribution in [3.05, 3.63) is 17.7 Å². The fourth-order valence-corrected chi connectivity index (χ4v) is 3.74. The van der Waals surface area contributed by atoms with Gasteiger partial charge in [-0.2, -0.15) is 11.8 Å². The molecule has 2 heterocycles. The third-order valence-corrected chi connectivity index (χ3v) is 4.74. The highest BCUT2D eigenvalue weighted by molar-refractivity contribution is 7.99. The number of nitrogens with one attached hydrogen (secondary N) is 1. The van der Waals surface area contributed by atoms with Crippen LogP contribution in [0.1, 0.15) is 12.0 Å². The van der Waals surface area contributed by atoms with Gasteiger partial charge in [0.15, 0.2) is 11.5 Å². The summed E-state index contributed by atoms with van der Waals surface area (Å²) in [6.45, 7) is 2.21. The third-order valence-electron chi connectivity index (χ3n) is 3.50. The highest BCUT2D eigenvalue weighted by Gasteiger charge is 2.20. The highest BCUT2D eigenvalue weighted by Crippen LogP contribution is 2.41. The normalized spacial score (nSPS) is 20.8. The van der Waals surface area contributed by atoms with Crippen LogP contribution < -0.4 is 19.5 Å². The first-order valence-electron chi connectivity index (χ1n) is 6.62. The predicted molar refractivity (Wildman–Crippen MR) is 76.3 cm³/mol. The lowest BCUT2D eigenvalue weighted by Crippen LogP contribution is -2.22. The molecule has 1 N–H and O–H groups in total. The minimum Gasteiger partial charge on any atom is -0.493 e. The van der Waals surface area contributed by atoms with Crippen LogP contribution in [0.5, 0.6) is 17.2 Å². The molecule has 19 heavy (non-hydrogen) atoms. The van der Waals surface area contributed by atoms with Crippen molar-refractivity contribution in [1.82, 2.24) is 5.32 Å². The molecule has 0 spiro atoms. The van der Waals surface area contributed by atoms with Gasteiger partial charge in [0.2, 0.25) is 12.5 Å². The number of ether oxygens (including phenoxy) is 3. The first kappa shape index (κ1) is 12.9. The molecule has 5 heteroatoms. The zero-order valence-corrected chi connectivity index (χ0v) is 11.9. The SMILES string of the molecule is COc1cc(CNCC2CCSC2)cc2c1OCO2. The van der Waals surface area contributed by atoms with E-state index in [1.165, 1.54) is 23.5 Å². The Bertz CT molecular complexity index is 447. The van der Waals surface area contributed by atoms with Crippen LogP contribution in [0.4, 0.5) is 0 Å². The summed E-state index contributed by atoms with van der Waals surface area (Å²) in [5.74, 6) is 5.68. The maximum absolute atomic E-state index is 5.43. The molecule has 104 valence electrons. The van der Waals surface area contributed by atoms with Crippen LogP contribution in [0.2, 0.25) is 0 Å². The number of thioether (sulfide) groups is 1. The van der Waals surface area contributed by atoms with Crippen molar-refractivity contribution in [2.24, 2.45) is 5.92 Å². The van der Waals surface area contributed by atoms with Gasteiger partial charge >= 0.3 is 0 Å². The Morgan fingerprint density at radius 2 is 2.37 bits per heavy atom. The molecule has 0 aromatic heterocycles. The van der Waals surface area contributed by atoms with Gasteiger partial charge in [-0.1, -0.05) is 0 Å². The molecule has 0 amide bonds. The van der Waals surface area contributed by atoms with E-state index in [1.807, 2.05) is 12.1 Å². The van der Waals surface area contributed by atoms with Crippen molar-refractivity contribution >= 4 is 11.8 Å². The van der Waals surface area contributed by atoms with Crippen molar-refractivity contribution in [1.29, 1.82) is 0 Å². The quantitative estimate of drug-likeness (QED) is 0.896. The predicted octanol–water partition coefficient (Wildman–Crippen LogP) is 2.27. The van der Waals surface area contributed by atoms with Gasteiger partial charge in [-0.3, -0.25) is 0 Å². The number of rotatable bonds is 5. The van der Waals surface area contributed by atoms with Gasteiger partial charge in [0.05, 0.1) is 7.11 Å². The molecule has 4 nitrogen and oxygen atoms in total. The minimum atomic E-state index is 0.280. The van der Waals surface area contributed by atoms with E-state index in [0.717, 1.165) is 36.3 Å². The summed E-state index contributed by atoms with van der Waals surface area (Å²) in [7, 11) is 1.66. The molecule has 1 fully saturated rings. The van der Waals surface area contributed by atoms with Gasteiger partial charge in [-0.05, 0) is 48.1 Å². The number of hydrogen-bond acceptors (Lipinski definition) is 5. The van der Waals surface area contributed by atoms with Crippen molar-refractivity contribution < 1.29 is 14.2 Å². The number of methoxy groups -OCH3 is 1. The van der Waals surface area contributed by atoms with Crippen LogP contribution in [0, 0.1) is 5.92 Å². The van der Waals surface area contributed by atoms with Crippen molar-refractivity contribution in [2.45, 2.75) is 13.0 Å². The average molecular weight is 281 g/mol. The molecular formula is C14H19NO3S. The summed E-state index contributed by atoms with van der Waals surface area (Å²) in [5.41, 5.74) is 1.17. The Labute approximate surface area is 117 Å². The lowest BCUT2D eigenvalue weighted by molar-refractivity contribution is 0.171. The van der Waals surface area contributed by atoms with Gasteiger partial charge in [-0.25, -0.2) is 0 Å². The lowest BCUT2D eigenvalue weighted by atomic mass is 10.1. The molecule has 2 aliphatic heterocycles. The maximum atomic E-state index is 5.43. The molecule has 1 aromatic carbocycles. The van der Waals surface area contributed by atoms with E-state index >= 15 is 0 Å². The van der Waals surface area contributed by atoms with E-state index in [-0.39, 0.29) is 6.79 Å². The Morgan fingerprint density at radius 1 is 1.42 bits per heavy atom. The molecule has 0 aliphatic carbocycles. The second-order valence-electron chi connectivity index (χ2n) is 4.89. The first-order valence-corrected chi connectivity index (χ1v) is 7.77. The molecule has 1 aromatic rings. The molecule has 3 rings (SSSR count). The van der Waals surface area contributed by atoms with Crippen LogP contribution in [-0.2, 0) is 6.54 Å². The Balaban J connectivity index is 1.61. The number of hydrogen-bond donors (Lipinski definition) is 1. The van der Waals surface area contributed by atoms with E-state index in [0.29, 0.717) is 0 Å². The van der Waals surface area contributed by atoms with E-state index < -0.39 is 0 Å². The molecule has 1 atom stereocenters. The van der Waals surface area contributed by atoms with Crippen LogP contribution in [-0.4, -0.2) is 32.0 Å². The molecule has 0 bridgehead atoms. The highest BCUT2D eigenvalue weighted by atomic mass is 32.2. The summed E-state index contributed by atoms with van der Waals surface area (Å²) in [6, 6.07) is 4.05. The average Bonchev–Trinajstić information content (AvgIpc) is 3.08. The van der Waals surface area contributed by atoms with Gasteiger partial charge in [-0.15, -0.1) is 0 Å². The largest absolute Gasteiger partial charge is 0.493 e. The van der Waals surface area contributed by atoms with Crippen LogP contribution in [0.25, 0.3) is 0 Å². The van der Waals surface area contributed by atoms with E-state index in [2.05, 4.69) is 17.1 Å². The standard InChI is InChI=1S/C14H19NO3S/c1-16-12-4-11(5-13-14(12)18-9-17-13)7-15-6-10-2-3-19-8-10/h4-5,10,15H,2-3,6-9H2,1H3. The summed E-state index contributed by atoms with van der Waals surface area (Å²) >= 11 is 2.05. The van der Waals surface area contributed by atoms with Crippen molar-refractivity contribution in [3.63, 3.8) is 0 Å². The Hall–Kier alpha value is -1.07. The molecule has 1 unspecified atom stereocenters. The summed E-state index contributed by atoms with van der Waals surface area (Å²) in [4.78, 5) is 0. The zero-order valence-electron chi connectivity index (χ0n) is 11.1. The van der Waals surface area contributed by atoms with Crippen molar-refractivity contribution in [3.8, 4) is 17.2 Å². The Kier molecular flexibility index (Phi) is 4.03. The monoisotopic (exact) mass is 281 g/mol. The fraction of sp³-hybridized carbons (Fsp3) is 0.571. The topological polar surface area (TPSA) is 39.7 Å². The summed E-state index contributed by atoms with van der Waals surface area (Å²) < 4.78 is 16.2. The van der Waals surface area contributed by atoms with Crippen LogP contribution in [0.15, 0.2) is 12.1 Å². The van der Waals surface area contributed by atoms with Gasteiger partial charge in [0, 0.05) is 6.54 Å². The van der Waals surface area contributed by atoms with E-state index in [4.69, 9.17) is 14.2 Å². The summed E-state index contributed by atoms with van der Waals surface area (Å²) in [6.07, 6.45) is 1.34. The van der Waals surface area contributed by atoms with E-state index in [9.17, 15) is 0 Å². The maximum Gasteiger partial charge on any atom is 0.231 e. The summed E-state index contributed by atoms with van der Waals surface area (Å²) in [5, 5.41) is 3.52. The molecule has 0 radical (unpaired) electrons. The first-order chi connectivity index (χ1) is 9.36. The number of benzene rings is 1.